The van der Waals surface area contributed by atoms with E-state index in [1.165, 1.54) is 6.26 Å². The van der Waals surface area contributed by atoms with Crippen LogP contribution in [-0.2, 0) is 33.4 Å². The number of methoxy groups -OCH3 is 1. The Bertz CT molecular complexity index is 1330. The van der Waals surface area contributed by atoms with E-state index < -0.39 is 81.6 Å². The van der Waals surface area contributed by atoms with Crippen LogP contribution in [0.15, 0.2) is 34.2 Å². The molecule has 9 atom stereocenters. The quantitative estimate of drug-likeness (QED) is 0.286. The van der Waals surface area contributed by atoms with Crippen molar-refractivity contribution in [2.75, 3.05) is 7.11 Å². The van der Waals surface area contributed by atoms with Crippen molar-refractivity contribution in [3.05, 3.63) is 35.3 Å². The second-order valence-electron chi connectivity index (χ2n) is 13.7. The number of ether oxygens (including phenoxy) is 3. The summed E-state index contributed by atoms with van der Waals surface area (Å²) < 4.78 is 22.1. The summed E-state index contributed by atoms with van der Waals surface area (Å²) in [5.41, 5.74) is -3.27. The summed E-state index contributed by atoms with van der Waals surface area (Å²) in [6.07, 6.45) is 0.681. The molecule has 1 saturated heterocycles. The van der Waals surface area contributed by atoms with Gasteiger partial charge in [-0.1, -0.05) is 47.1 Å². The third-order valence-corrected chi connectivity index (χ3v) is 11.1. The molecular formula is C32H42O10. The number of hydrogen-bond acceptors (Lipinski definition) is 10. The zero-order chi connectivity index (χ0) is 31.0. The van der Waals surface area contributed by atoms with Crippen LogP contribution in [0, 0.1) is 34.0 Å². The highest BCUT2D eigenvalue weighted by Gasteiger charge is 2.75. The molecule has 0 radical (unpaired) electrons. The fourth-order valence-electron chi connectivity index (χ4n) is 8.91. The minimum Gasteiger partial charge on any atom is -0.472 e. The van der Waals surface area contributed by atoms with Crippen molar-refractivity contribution in [2.24, 2.45) is 34.0 Å². The molecule has 0 aromatic carbocycles. The van der Waals surface area contributed by atoms with Gasteiger partial charge in [0.2, 0.25) is 0 Å². The first-order valence-electron chi connectivity index (χ1n) is 14.8. The number of carbonyl (C=O) groups is 4. The Morgan fingerprint density at radius 1 is 1.17 bits per heavy atom. The van der Waals surface area contributed by atoms with Gasteiger partial charge >= 0.3 is 17.9 Å². The summed E-state index contributed by atoms with van der Waals surface area (Å²) in [6.45, 7) is 10.7. The van der Waals surface area contributed by atoms with E-state index in [0.717, 1.165) is 18.3 Å². The lowest BCUT2D eigenvalue weighted by atomic mass is 9.39. The van der Waals surface area contributed by atoms with Gasteiger partial charge in [-0.15, -0.1) is 0 Å². The van der Waals surface area contributed by atoms with Crippen molar-refractivity contribution in [1.29, 1.82) is 0 Å². The molecule has 2 bridgehead atoms. The molecule has 2 heterocycles. The van der Waals surface area contributed by atoms with Crippen LogP contribution in [0.4, 0.5) is 0 Å². The van der Waals surface area contributed by atoms with Gasteiger partial charge in [0.05, 0.1) is 32.0 Å². The molecule has 42 heavy (non-hydrogen) atoms. The first-order valence-corrected chi connectivity index (χ1v) is 14.8. The average molecular weight is 587 g/mol. The Morgan fingerprint density at radius 3 is 2.45 bits per heavy atom. The van der Waals surface area contributed by atoms with Crippen molar-refractivity contribution in [1.82, 2.24) is 0 Å². The Kier molecular flexibility index (Phi) is 7.29. The summed E-state index contributed by atoms with van der Waals surface area (Å²) in [7, 11) is 1.16. The molecule has 3 fully saturated rings. The van der Waals surface area contributed by atoms with Crippen LogP contribution in [0.1, 0.15) is 85.3 Å². The minimum absolute atomic E-state index is 0.0258. The van der Waals surface area contributed by atoms with Gasteiger partial charge < -0.3 is 28.8 Å². The topological polar surface area (TPSA) is 150 Å². The average Bonchev–Trinajstić information content (AvgIpc) is 3.47. The number of carbonyl (C=O) groups excluding carboxylic acids is 4. The van der Waals surface area contributed by atoms with Crippen LogP contribution >= 0.6 is 0 Å². The molecule has 1 aliphatic heterocycles. The lowest BCUT2D eigenvalue weighted by molar-refractivity contribution is -0.247. The lowest BCUT2D eigenvalue weighted by Gasteiger charge is -2.66. The Morgan fingerprint density at radius 2 is 1.86 bits per heavy atom. The SMILES string of the molecule is CCC(C)C(=O)O[C@H]1C(C)(C)[C@H]([C@@H](O)C(=O)OC)[C@@]2(C)C(=O)[C@]1(O)CC1=C3CC(=O)O[C@@H](c4ccoc4)[C@]3(C)CC[C@@H]12. The van der Waals surface area contributed by atoms with Gasteiger partial charge in [0.1, 0.15) is 12.2 Å². The van der Waals surface area contributed by atoms with Gasteiger partial charge in [0, 0.05) is 34.1 Å². The zero-order valence-electron chi connectivity index (χ0n) is 25.4. The number of aliphatic hydroxyl groups excluding tert-OH is 1. The number of ketones is 1. The van der Waals surface area contributed by atoms with E-state index in [-0.39, 0.29) is 12.8 Å². The predicted molar refractivity (Wildman–Crippen MR) is 147 cm³/mol. The zero-order valence-corrected chi connectivity index (χ0v) is 25.4. The molecule has 1 aromatic rings. The highest BCUT2D eigenvalue weighted by atomic mass is 16.6. The number of esters is 3. The van der Waals surface area contributed by atoms with E-state index in [1.807, 2.05) is 13.8 Å². The second kappa shape index (κ2) is 10.0. The minimum atomic E-state index is -2.16. The van der Waals surface area contributed by atoms with E-state index in [0.29, 0.717) is 24.8 Å². The maximum atomic E-state index is 14.6. The van der Waals surface area contributed by atoms with E-state index in [2.05, 4.69) is 0 Å². The van der Waals surface area contributed by atoms with Crippen LogP contribution in [-0.4, -0.2) is 58.8 Å². The van der Waals surface area contributed by atoms with E-state index in [1.54, 1.807) is 40.0 Å². The normalized spacial score (nSPS) is 38.5. The summed E-state index contributed by atoms with van der Waals surface area (Å²) in [5.74, 6) is -4.58. The van der Waals surface area contributed by atoms with E-state index >= 15 is 0 Å². The number of Topliss-reactive ketones (excluding diaryl/α,β-unsaturated/α-hetero) is 1. The van der Waals surface area contributed by atoms with E-state index in [9.17, 15) is 29.4 Å². The molecule has 10 nitrogen and oxygen atoms in total. The van der Waals surface area contributed by atoms with E-state index in [4.69, 9.17) is 18.6 Å². The number of furan rings is 1. The van der Waals surface area contributed by atoms with Gasteiger partial charge in [-0.25, -0.2) is 4.79 Å². The van der Waals surface area contributed by atoms with Gasteiger partial charge in [-0.05, 0) is 36.8 Å². The molecule has 5 rings (SSSR count). The number of cyclic esters (lactones) is 1. The molecule has 2 saturated carbocycles. The predicted octanol–water partition coefficient (Wildman–Crippen LogP) is 3.84. The number of rotatable bonds is 6. The van der Waals surface area contributed by atoms with Crippen molar-refractivity contribution >= 4 is 23.7 Å². The highest BCUT2D eigenvalue weighted by Crippen LogP contribution is 2.69. The lowest BCUT2D eigenvalue weighted by Crippen LogP contribution is -2.76. The van der Waals surface area contributed by atoms with Crippen LogP contribution in [0.5, 0.6) is 0 Å². The van der Waals surface area contributed by atoms with Crippen LogP contribution in [0.25, 0.3) is 0 Å². The monoisotopic (exact) mass is 586 g/mol. The van der Waals surface area contributed by atoms with Crippen molar-refractivity contribution in [2.45, 2.75) is 97.6 Å². The van der Waals surface area contributed by atoms with Crippen LogP contribution < -0.4 is 0 Å². The Labute approximate surface area is 245 Å². The van der Waals surface area contributed by atoms with Crippen LogP contribution in [0.2, 0.25) is 0 Å². The summed E-state index contributed by atoms with van der Waals surface area (Å²) in [6, 6.07) is 1.76. The molecule has 4 aliphatic rings. The Balaban J connectivity index is 1.74. The number of hydrogen-bond donors (Lipinski definition) is 2. The summed E-state index contributed by atoms with van der Waals surface area (Å²) >= 11 is 0. The third-order valence-electron chi connectivity index (χ3n) is 11.1. The molecule has 1 aromatic heterocycles. The van der Waals surface area contributed by atoms with Crippen molar-refractivity contribution in [3.8, 4) is 0 Å². The van der Waals surface area contributed by atoms with Gasteiger partial charge in [0.25, 0.3) is 0 Å². The van der Waals surface area contributed by atoms with Crippen molar-refractivity contribution in [3.63, 3.8) is 0 Å². The Hall–Kier alpha value is -2.98. The smallest absolute Gasteiger partial charge is 0.335 e. The largest absolute Gasteiger partial charge is 0.472 e. The maximum absolute atomic E-state index is 14.6. The fourth-order valence-corrected chi connectivity index (χ4v) is 8.91. The molecule has 230 valence electrons. The van der Waals surface area contributed by atoms with Gasteiger partial charge in [-0.2, -0.15) is 0 Å². The molecule has 0 amide bonds. The first-order chi connectivity index (χ1) is 19.6. The first kappa shape index (κ1) is 30.5. The number of aliphatic hydroxyl groups is 2. The summed E-state index contributed by atoms with van der Waals surface area (Å²) in [5, 5.41) is 24.0. The fraction of sp³-hybridized carbons (Fsp3) is 0.688. The second-order valence-corrected chi connectivity index (χ2v) is 13.7. The van der Waals surface area contributed by atoms with Crippen LogP contribution in [0.3, 0.4) is 0 Å². The molecule has 3 aliphatic carbocycles. The highest BCUT2D eigenvalue weighted by molar-refractivity contribution is 5.98. The molecule has 2 N–H and O–H groups in total. The van der Waals surface area contributed by atoms with Crippen molar-refractivity contribution < 1.29 is 48.0 Å². The maximum Gasteiger partial charge on any atom is 0.335 e. The number of fused-ring (bicyclic) bond motifs is 5. The third kappa shape index (κ3) is 4.04. The van der Waals surface area contributed by atoms with Gasteiger partial charge in [-0.3, -0.25) is 14.4 Å². The molecular weight excluding hydrogens is 544 g/mol. The molecule has 10 heteroatoms. The molecule has 1 unspecified atom stereocenters. The molecule has 0 spiro atoms. The standard InChI is InChI=1S/C32H42O10/c1-8-16(2)25(35)42-28-29(3,4)23(22(34)26(36)39-7)31(6)19-9-11-30(5)20(18(19)14-32(28,38)27(31)37)13-21(33)41-24(30)17-10-12-40-15-17/h10,12,15-16,19,22-24,28,34,38H,8-9,11,13-14H2,1-7H3/t16?,19-,22+,23-,24-,28-,30+,31-,32+/m0/s1. The van der Waals surface area contributed by atoms with Gasteiger partial charge in [0.15, 0.2) is 17.5 Å². The summed E-state index contributed by atoms with van der Waals surface area (Å²) in [4.78, 5) is 53.7.